The lowest BCUT2D eigenvalue weighted by Gasteiger charge is -2.05. The number of nitriles is 1. The van der Waals surface area contributed by atoms with E-state index in [1.807, 2.05) is 24.3 Å². The van der Waals surface area contributed by atoms with Crippen LogP contribution in [0.25, 0.3) is 0 Å². The third-order valence-electron chi connectivity index (χ3n) is 2.41. The van der Waals surface area contributed by atoms with E-state index in [-0.39, 0.29) is 5.91 Å². The van der Waals surface area contributed by atoms with Crippen molar-refractivity contribution in [2.45, 2.75) is 6.42 Å². The quantitative estimate of drug-likeness (QED) is 0.925. The Balaban J connectivity index is 1.79. The minimum atomic E-state index is -0.0340. The number of anilines is 1. The number of aliphatic imine (C=N–C) groups is 1. The third-order valence-corrected chi connectivity index (χ3v) is 4.66. The average molecular weight is 291 g/mol. The molecule has 0 radical (unpaired) electrons. The number of rotatable bonds is 4. The fraction of sp³-hybridized carbons (Fsp3) is 0.308. The van der Waals surface area contributed by atoms with Crippen LogP contribution in [-0.2, 0) is 11.2 Å². The molecule has 1 aromatic carbocycles. The number of benzene rings is 1. The molecule has 1 heterocycles. The highest BCUT2D eigenvalue weighted by atomic mass is 32.2. The van der Waals surface area contributed by atoms with Crippen LogP contribution in [0.1, 0.15) is 5.56 Å². The largest absolute Gasteiger partial charge is 0.325 e. The van der Waals surface area contributed by atoms with Crippen LogP contribution in [0.15, 0.2) is 29.3 Å². The Morgan fingerprint density at radius 1 is 1.47 bits per heavy atom. The monoisotopic (exact) mass is 291 g/mol. The average Bonchev–Trinajstić information content (AvgIpc) is 2.92. The van der Waals surface area contributed by atoms with Gasteiger partial charge in [0.2, 0.25) is 5.91 Å². The number of hydrogen-bond acceptors (Lipinski definition) is 5. The number of nitrogens with zero attached hydrogens (tertiary/aromatic N) is 2. The van der Waals surface area contributed by atoms with Crippen molar-refractivity contribution >= 4 is 39.5 Å². The first-order valence-electron chi connectivity index (χ1n) is 5.84. The van der Waals surface area contributed by atoms with Crippen molar-refractivity contribution in [1.82, 2.24) is 0 Å². The van der Waals surface area contributed by atoms with Crippen LogP contribution in [-0.4, -0.2) is 28.3 Å². The minimum Gasteiger partial charge on any atom is -0.325 e. The fourth-order valence-corrected chi connectivity index (χ4v) is 3.33. The maximum atomic E-state index is 11.7. The van der Waals surface area contributed by atoms with Crippen LogP contribution in [0.2, 0.25) is 0 Å². The molecule has 0 fully saturated rings. The van der Waals surface area contributed by atoms with Crippen molar-refractivity contribution in [3.05, 3.63) is 29.8 Å². The lowest BCUT2D eigenvalue weighted by molar-refractivity contribution is -0.113. The normalized spacial score (nSPS) is 13.7. The second kappa shape index (κ2) is 7.22. The summed E-state index contributed by atoms with van der Waals surface area (Å²) in [5, 5.41) is 11.4. The van der Waals surface area contributed by atoms with Gasteiger partial charge >= 0.3 is 0 Å². The zero-order valence-electron chi connectivity index (χ0n) is 10.3. The smallest absolute Gasteiger partial charge is 0.234 e. The fourth-order valence-electron chi connectivity index (χ4n) is 1.52. The van der Waals surface area contributed by atoms with E-state index in [0.717, 1.165) is 27.9 Å². The molecule has 0 saturated carbocycles. The molecule has 19 heavy (non-hydrogen) atoms. The summed E-state index contributed by atoms with van der Waals surface area (Å²) in [7, 11) is 0. The van der Waals surface area contributed by atoms with Gasteiger partial charge in [-0.3, -0.25) is 9.79 Å². The van der Waals surface area contributed by atoms with Gasteiger partial charge in [-0.05, 0) is 17.7 Å². The summed E-state index contributed by atoms with van der Waals surface area (Å²) in [6, 6.07) is 9.42. The van der Waals surface area contributed by atoms with Crippen molar-refractivity contribution in [1.29, 1.82) is 5.26 Å². The van der Waals surface area contributed by atoms with Crippen molar-refractivity contribution in [3.8, 4) is 6.07 Å². The summed E-state index contributed by atoms with van der Waals surface area (Å²) >= 11 is 3.18. The van der Waals surface area contributed by atoms with Crippen LogP contribution in [0, 0.1) is 11.3 Å². The zero-order valence-corrected chi connectivity index (χ0v) is 11.9. The van der Waals surface area contributed by atoms with Gasteiger partial charge in [0.15, 0.2) is 0 Å². The molecule has 0 unspecified atom stereocenters. The van der Waals surface area contributed by atoms with Crippen LogP contribution in [0.4, 0.5) is 5.69 Å². The van der Waals surface area contributed by atoms with Crippen LogP contribution in [0.3, 0.4) is 0 Å². The molecule has 0 aromatic heterocycles. The lowest BCUT2D eigenvalue weighted by atomic mass is 10.1. The Kier molecular flexibility index (Phi) is 5.31. The first-order valence-corrected chi connectivity index (χ1v) is 7.81. The van der Waals surface area contributed by atoms with Crippen molar-refractivity contribution < 1.29 is 4.79 Å². The Morgan fingerprint density at radius 3 is 2.89 bits per heavy atom. The van der Waals surface area contributed by atoms with Crippen LogP contribution >= 0.6 is 23.5 Å². The topological polar surface area (TPSA) is 65.2 Å². The van der Waals surface area contributed by atoms with Gasteiger partial charge in [0.25, 0.3) is 0 Å². The molecule has 1 amide bonds. The van der Waals surface area contributed by atoms with E-state index in [9.17, 15) is 4.79 Å². The molecule has 2 rings (SSSR count). The summed E-state index contributed by atoms with van der Waals surface area (Å²) in [5.74, 6) is 1.36. The number of carbonyl (C=O) groups excluding carboxylic acids is 1. The molecule has 0 saturated heterocycles. The molecule has 0 bridgehead atoms. The SMILES string of the molecule is N#CCc1ccc(NC(=O)CSC2=NCCS2)cc1. The highest BCUT2D eigenvalue weighted by Gasteiger charge is 2.10. The standard InChI is InChI=1S/C13H13N3OS2/c14-6-5-10-1-3-11(4-2-10)16-12(17)9-19-13-15-7-8-18-13/h1-4H,5,7-9H2,(H,16,17). The highest BCUT2D eigenvalue weighted by molar-refractivity contribution is 8.39. The van der Waals surface area contributed by atoms with Crippen molar-refractivity contribution in [2.75, 3.05) is 23.4 Å². The number of nitrogens with one attached hydrogen (secondary N) is 1. The van der Waals surface area contributed by atoms with E-state index < -0.39 is 0 Å². The predicted molar refractivity (Wildman–Crippen MR) is 81.6 cm³/mol. The van der Waals surface area contributed by atoms with Gasteiger partial charge in [0.1, 0.15) is 4.38 Å². The lowest BCUT2D eigenvalue weighted by Crippen LogP contribution is -2.14. The molecule has 6 heteroatoms. The Hall–Kier alpha value is -1.45. The van der Waals surface area contributed by atoms with E-state index in [0.29, 0.717) is 12.2 Å². The van der Waals surface area contributed by atoms with Gasteiger partial charge in [-0.2, -0.15) is 5.26 Å². The Morgan fingerprint density at radius 2 is 2.26 bits per heavy atom. The number of carbonyl (C=O) groups is 1. The Labute approximate surface area is 120 Å². The van der Waals surface area contributed by atoms with Gasteiger partial charge in [-0.1, -0.05) is 35.7 Å². The molecule has 1 aromatic rings. The second-order valence-electron chi connectivity index (χ2n) is 3.86. The Bertz CT molecular complexity index is 520. The van der Waals surface area contributed by atoms with Crippen molar-refractivity contribution in [2.24, 2.45) is 4.99 Å². The van der Waals surface area contributed by atoms with Crippen LogP contribution in [0.5, 0.6) is 0 Å². The second-order valence-corrected chi connectivity index (χ2v) is 6.17. The van der Waals surface area contributed by atoms with Crippen molar-refractivity contribution in [3.63, 3.8) is 0 Å². The maximum Gasteiger partial charge on any atom is 0.234 e. The van der Waals surface area contributed by atoms with Gasteiger partial charge in [0, 0.05) is 11.4 Å². The summed E-state index contributed by atoms with van der Waals surface area (Å²) in [4.78, 5) is 16.0. The summed E-state index contributed by atoms with van der Waals surface area (Å²) in [6.45, 7) is 0.856. The molecule has 1 aliphatic rings. The highest BCUT2D eigenvalue weighted by Crippen LogP contribution is 2.22. The molecule has 98 valence electrons. The van der Waals surface area contributed by atoms with E-state index in [2.05, 4.69) is 16.4 Å². The zero-order chi connectivity index (χ0) is 13.5. The van der Waals surface area contributed by atoms with E-state index >= 15 is 0 Å². The molecule has 0 aliphatic carbocycles. The maximum absolute atomic E-state index is 11.7. The summed E-state index contributed by atoms with van der Waals surface area (Å²) in [6.07, 6.45) is 0.390. The number of hydrogen-bond donors (Lipinski definition) is 1. The first kappa shape index (κ1) is 14.0. The summed E-state index contributed by atoms with van der Waals surface area (Å²) in [5.41, 5.74) is 1.71. The molecule has 1 aliphatic heterocycles. The van der Waals surface area contributed by atoms with Gasteiger partial charge in [-0.25, -0.2) is 0 Å². The molecule has 0 atom stereocenters. The van der Waals surface area contributed by atoms with Crippen LogP contribution < -0.4 is 5.32 Å². The summed E-state index contributed by atoms with van der Waals surface area (Å²) < 4.78 is 1.000. The number of thioether (sulfide) groups is 2. The molecular weight excluding hydrogens is 278 g/mol. The van der Waals surface area contributed by atoms with Gasteiger partial charge in [-0.15, -0.1) is 0 Å². The molecule has 0 spiro atoms. The van der Waals surface area contributed by atoms with E-state index in [1.165, 1.54) is 11.8 Å². The molecule has 4 nitrogen and oxygen atoms in total. The first-order chi connectivity index (χ1) is 9.28. The van der Waals surface area contributed by atoms with Gasteiger partial charge < -0.3 is 5.32 Å². The van der Waals surface area contributed by atoms with E-state index in [1.54, 1.807) is 11.8 Å². The number of amides is 1. The predicted octanol–water partition coefficient (Wildman–Crippen LogP) is 2.53. The minimum absolute atomic E-state index is 0.0340. The third kappa shape index (κ3) is 4.62. The molecular formula is C13H13N3OS2. The molecule has 1 N–H and O–H groups in total. The van der Waals surface area contributed by atoms with E-state index in [4.69, 9.17) is 5.26 Å². The van der Waals surface area contributed by atoms with Gasteiger partial charge in [0.05, 0.1) is 24.8 Å².